The molecule has 0 aliphatic rings. The molecule has 9 heteroatoms. The van der Waals surface area contributed by atoms with Gasteiger partial charge in [-0.25, -0.2) is 19.3 Å². The molecule has 1 aromatic carbocycles. The zero-order valence-corrected chi connectivity index (χ0v) is 15.7. The van der Waals surface area contributed by atoms with Crippen molar-refractivity contribution in [2.45, 2.75) is 19.9 Å². The molecule has 0 fully saturated rings. The molecule has 2 aromatic heterocycles. The van der Waals surface area contributed by atoms with Gasteiger partial charge in [-0.3, -0.25) is 9.59 Å². The minimum Gasteiger partial charge on any atom is -0.439 e. The van der Waals surface area contributed by atoms with Gasteiger partial charge in [0, 0.05) is 24.6 Å². The summed E-state index contributed by atoms with van der Waals surface area (Å²) in [6, 6.07) is 10.2. The molecule has 8 nitrogen and oxygen atoms in total. The third kappa shape index (κ3) is 5.10. The Balaban J connectivity index is 1.86. The van der Waals surface area contributed by atoms with Crippen LogP contribution >= 0.6 is 0 Å². The molecule has 0 bridgehead atoms. The average molecular weight is 395 g/mol. The molecule has 3 N–H and O–H groups in total. The first kappa shape index (κ1) is 19.9. The second-order valence-corrected chi connectivity index (χ2v) is 6.23. The van der Waals surface area contributed by atoms with Crippen molar-refractivity contribution in [3.63, 3.8) is 0 Å². The molecule has 2 heterocycles. The predicted molar refractivity (Wildman–Crippen MR) is 104 cm³/mol. The normalized spacial score (nSPS) is 11.6. The fourth-order valence-electron chi connectivity index (χ4n) is 2.34. The number of hydrogen-bond acceptors (Lipinski definition) is 7. The fourth-order valence-corrected chi connectivity index (χ4v) is 2.34. The number of rotatable bonds is 7. The van der Waals surface area contributed by atoms with E-state index in [1.54, 1.807) is 31.2 Å². The number of benzene rings is 1. The summed E-state index contributed by atoms with van der Waals surface area (Å²) in [5.74, 6) is 0.0873. The maximum atomic E-state index is 12.9. The Bertz CT molecular complexity index is 1040. The van der Waals surface area contributed by atoms with Gasteiger partial charge in [-0.15, -0.1) is 0 Å². The average Bonchev–Trinajstić information content (AvgIpc) is 2.70. The van der Waals surface area contributed by atoms with Crippen LogP contribution in [0, 0.1) is 5.82 Å². The van der Waals surface area contributed by atoms with Gasteiger partial charge >= 0.3 is 0 Å². The number of primary amides is 1. The molecule has 3 rings (SSSR count). The van der Waals surface area contributed by atoms with Crippen molar-refractivity contribution in [2.75, 3.05) is 5.32 Å². The van der Waals surface area contributed by atoms with E-state index in [0.29, 0.717) is 23.0 Å². The topological polar surface area (TPSA) is 120 Å². The molecular formula is C20H18FN5O3. The zero-order valence-electron chi connectivity index (χ0n) is 15.7. The van der Waals surface area contributed by atoms with Gasteiger partial charge in [0.2, 0.25) is 11.8 Å². The quantitative estimate of drug-likeness (QED) is 0.590. The lowest BCUT2D eigenvalue weighted by Crippen LogP contribution is -2.32. The van der Waals surface area contributed by atoms with Gasteiger partial charge in [0.15, 0.2) is 11.6 Å². The number of carbonyl (C=O) groups is 2. The second-order valence-electron chi connectivity index (χ2n) is 6.23. The van der Waals surface area contributed by atoms with E-state index < -0.39 is 17.8 Å². The van der Waals surface area contributed by atoms with Crippen molar-refractivity contribution in [1.29, 1.82) is 0 Å². The Morgan fingerprint density at radius 2 is 1.86 bits per heavy atom. The highest BCUT2D eigenvalue weighted by Gasteiger charge is 2.14. The standard InChI is InChI=1S/C20H18FN5O3/c1-11(19(22)28)24-17-9-16(12(2)27)25-20(26-17)13-3-6-15(7-4-13)29-18-8-5-14(21)10-23-18/h3-11H,1-2H3,(H2,22,28)(H,24,25,26)/t11-/m0/s1. The number of pyridine rings is 1. The third-order valence-corrected chi connectivity index (χ3v) is 3.91. The number of halogens is 1. The zero-order chi connectivity index (χ0) is 21.0. The predicted octanol–water partition coefficient (Wildman–Crippen LogP) is 2.96. The summed E-state index contributed by atoms with van der Waals surface area (Å²) in [5, 5.41) is 2.85. The molecule has 1 amide bonds. The number of amides is 1. The lowest BCUT2D eigenvalue weighted by Gasteiger charge is -2.13. The molecule has 0 unspecified atom stereocenters. The number of ketones is 1. The number of anilines is 1. The first-order valence-electron chi connectivity index (χ1n) is 8.67. The number of aromatic nitrogens is 3. The van der Waals surface area contributed by atoms with Crippen molar-refractivity contribution in [2.24, 2.45) is 5.73 Å². The Labute approximate surface area is 166 Å². The van der Waals surface area contributed by atoms with E-state index in [2.05, 4.69) is 20.3 Å². The molecule has 0 saturated heterocycles. The molecule has 0 radical (unpaired) electrons. The van der Waals surface area contributed by atoms with Gasteiger partial charge in [-0.2, -0.15) is 0 Å². The summed E-state index contributed by atoms with van der Waals surface area (Å²) in [7, 11) is 0. The molecule has 0 aliphatic carbocycles. The van der Waals surface area contributed by atoms with Crippen molar-refractivity contribution in [1.82, 2.24) is 15.0 Å². The Morgan fingerprint density at radius 3 is 2.45 bits per heavy atom. The summed E-state index contributed by atoms with van der Waals surface area (Å²) >= 11 is 0. The molecule has 148 valence electrons. The third-order valence-electron chi connectivity index (χ3n) is 3.91. The van der Waals surface area contributed by atoms with Crippen molar-refractivity contribution < 1.29 is 18.7 Å². The highest BCUT2D eigenvalue weighted by Crippen LogP contribution is 2.24. The van der Waals surface area contributed by atoms with Crippen molar-refractivity contribution in [3.8, 4) is 23.0 Å². The summed E-state index contributed by atoms with van der Waals surface area (Å²) in [6.07, 6.45) is 1.06. The molecule has 0 aliphatic heterocycles. The first-order chi connectivity index (χ1) is 13.8. The van der Waals surface area contributed by atoms with E-state index in [0.717, 1.165) is 6.20 Å². The molecule has 0 spiro atoms. The van der Waals surface area contributed by atoms with Gasteiger partial charge in [-0.05, 0) is 37.3 Å². The number of ether oxygens (including phenoxy) is 1. The summed E-state index contributed by atoms with van der Waals surface area (Å²) < 4.78 is 18.5. The number of carbonyl (C=O) groups excluding carboxylic acids is 2. The second kappa shape index (κ2) is 8.42. The van der Waals surface area contributed by atoms with Gasteiger partial charge < -0.3 is 15.8 Å². The van der Waals surface area contributed by atoms with Crippen LogP contribution in [0.1, 0.15) is 24.3 Å². The minimum atomic E-state index is -0.670. The highest BCUT2D eigenvalue weighted by atomic mass is 19.1. The molecule has 1 atom stereocenters. The van der Waals surface area contributed by atoms with Crippen LogP contribution in [0.4, 0.5) is 10.2 Å². The summed E-state index contributed by atoms with van der Waals surface area (Å²) in [6.45, 7) is 2.98. The number of nitrogens with one attached hydrogen (secondary N) is 1. The van der Waals surface area contributed by atoms with Gasteiger partial charge in [0.1, 0.15) is 29.1 Å². The van der Waals surface area contributed by atoms with Crippen LogP contribution in [0.3, 0.4) is 0 Å². The maximum absolute atomic E-state index is 12.9. The lowest BCUT2D eigenvalue weighted by atomic mass is 10.2. The van der Waals surface area contributed by atoms with E-state index in [1.165, 1.54) is 25.1 Å². The van der Waals surface area contributed by atoms with Crippen LogP contribution < -0.4 is 15.8 Å². The molecule has 3 aromatic rings. The number of hydrogen-bond donors (Lipinski definition) is 2. The first-order valence-corrected chi connectivity index (χ1v) is 8.67. The van der Waals surface area contributed by atoms with Gasteiger partial charge in [0.05, 0.1) is 6.20 Å². The lowest BCUT2D eigenvalue weighted by molar-refractivity contribution is -0.118. The molecule has 29 heavy (non-hydrogen) atoms. The summed E-state index contributed by atoms with van der Waals surface area (Å²) in [4.78, 5) is 35.6. The maximum Gasteiger partial charge on any atom is 0.239 e. The molecule has 0 saturated carbocycles. The van der Waals surface area contributed by atoms with E-state index in [9.17, 15) is 14.0 Å². The Kier molecular flexibility index (Phi) is 5.77. The number of nitrogens with two attached hydrogens (primary N) is 1. The highest BCUT2D eigenvalue weighted by molar-refractivity contribution is 5.93. The van der Waals surface area contributed by atoms with Crippen molar-refractivity contribution in [3.05, 3.63) is 60.2 Å². The monoisotopic (exact) mass is 395 g/mol. The van der Waals surface area contributed by atoms with Gasteiger partial charge in [-0.1, -0.05) is 0 Å². The van der Waals surface area contributed by atoms with Gasteiger partial charge in [0.25, 0.3) is 0 Å². The summed E-state index contributed by atoms with van der Waals surface area (Å²) in [5.41, 5.74) is 6.09. The minimum absolute atomic E-state index is 0.199. The van der Waals surface area contributed by atoms with Crippen molar-refractivity contribution >= 4 is 17.5 Å². The Hall–Kier alpha value is -3.88. The SMILES string of the molecule is CC(=O)c1cc(N[C@@H](C)C(N)=O)nc(-c2ccc(Oc3ccc(F)cn3)cc2)n1. The van der Waals surface area contributed by atoms with E-state index in [-0.39, 0.29) is 17.4 Å². The van der Waals surface area contributed by atoms with Crippen LogP contribution in [-0.2, 0) is 4.79 Å². The fraction of sp³-hybridized carbons (Fsp3) is 0.150. The number of nitrogens with zero attached hydrogens (tertiary/aromatic N) is 3. The van der Waals surface area contributed by atoms with Crippen LogP contribution in [-0.4, -0.2) is 32.7 Å². The Morgan fingerprint density at radius 1 is 1.14 bits per heavy atom. The van der Waals surface area contributed by atoms with Crippen LogP contribution in [0.25, 0.3) is 11.4 Å². The smallest absolute Gasteiger partial charge is 0.239 e. The van der Waals surface area contributed by atoms with Crippen LogP contribution in [0.5, 0.6) is 11.6 Å². The number of Topliss-reactive ketones (excluding diaryl/α,β-unsaturated/α-hetero) is 1. The van der Waals surface area contributed by atoms with Crippen LogP contribution in [0.2, 0.25) is 0 Å². The largest absolute Gasteiger partial charge is 0.439 e. The van der Waals surface area contributed by atoms with E-state index in [4.69, 9.17) is 10.5 Å². The molecular weight excluding hydrogens is 377 g/mol. The van der Waals surface area contributed by atoms with E-state index in [1.807, 2.05) is 0 Å². The van der Waals surface area contributed by atoms with E-state index >= 15 is 0 Å². The van der Waals surface area contributed by atoms with Crippen LogP contribution in [0.15, 0.2) is 48.7 Å².